The van der Waals surface area contributed by atoms with E-state index < -0.39 is 30.1 Å². The summed E-state index contributed by atoms with van der Waals surface area (Å²) in [6, 6.07) is 5.35. The van der Waals surface area contributed by atoms with Crippen LogP contribution in [0.3, 0.4) is 0 Å². The Bertz CT molecular complexity index is 884. The summed E-state index contributed by atoms with van der Waals surface area (Å²) >= 11 is 0. The minimum Gasteiger partial charge on any atom is -0.493 e. The van der Waals surface area contributed by atoms with Crippen molar-refractivity contribution in [2.45, 2.75) is 0 Å². The molecule has 27 heavy (non-hydrogen) atoms. The predicted octanol–water partition coefficient (Wildman–Crippen LogP) is 2.59. The van der Waals surface area contributed by atoms with Crippen molar-refractivity contribution in [3.05, 3.63) is 53.1 Å². The maximum Gasteiger partial charge on any atom is 0.343 e. The van der Waals surface area contributed by atoms with Gasteiger partial charge < -0.3 is 19.5 Å². The highest BCUT2D eigenvalue weighted by molar-refractivity contribution is 6.03. The average molecular weight is 379 g/mol. The first-order chi connectivity index (χ1) is 12.9. The molecule has 0 aromatic heterocycles. The summed E-state index contributed by atoms with van der Waals surface area (Å²) in [7, 11) is 2.62. The summed E-state index contributed by atoms with van der Waals surface area (Å²) < 4.78 is 41.4. The lowest BCUT2D eigenvalue weighted by Gasteiger charge is -2.14. The summed E-state index contributed by atoms with van der Waals surface area (Å²) in [5.74, 6) is -3.49. The van der Waals surface area contributed by atoms with Gasteiger partial charge in [0.25, 0.3) is 5.91 Å². The molecule has 0 saturated carbocycles. The van der Waals surface area contributed by atoms with Gasteiger partial charge in [-0.2, -0.15) is 0 Å². The fourth-order valence-electron chi connectivity index (χ4n) is 2.23. The number of hydrogen-bond acceptors (Lipinski definition) is 6. The lowest BCUT2D eigenvalue weighted by Crippen LogP contribution is -2.22. The first-order valence-corrected chi connectivity index (χ1v) is 7.53. The minimum absolute atomic E-state index is 0.0253. The molecule has 1 amide bonds. The van der Waals surface area contributed by atoms with Gasteiger partial charge in [-0.15, -0.1) is 0 Å². The highest BCUT2D eigenvalue weighted by Gasteiger charge is 2.23. The number of carbonyl (C=O) groups excluding carboxylic acids is 3. The van der Waals surface area contributed by atoms with Crippen molar-refractivity contribution in [3.8, 4) is 11.5 Å². The summed E-state index contributed by atoms with van der Waals surface area (Å²) in [4.78, 5) is 35.4. The van der Waals surface area contributed by atoms with Crippen molar-refractivity contribution in [3.63, 3.8) is 0 Å². The molecule has 0 heterocycles. The molecule has 0 aliphatic carbocycles. The quantitative estimate of drug-likeness (QED) is 0.587. The fraction of sp³-hybridized carbons (Fsp3) is 0.167. The van der Waals surface area contributed by atoms with Gasteiger partial charge in [0.2, 0.25) is 0 Å². The summed E-state index contributed by atoms with van der Waals surface area (Å²) in [5, 5.41) is 2.14. The minimum atomic E-state index is -1.01. The van der Waals surface area contributed by atoms with Crippen molar-refractivity contribution >= 4 is 23.9 Å². The first-order valence-electron chi connectivity index (χ1n) is 7.53. The van der Waals surface area contributed by atoms with E-state index in [-0.39, 0.29) is 28.3 Å². The molecule has 0 bridgehead atoms. The van der Waals surface area contributed by atoms with Crippen LogP contribution in [-0.4, -0.2) is 39.0 Å². The van der Waals surface area contributed by atoms with Crippen molar-refractivity contribution in [2.24, 2.45) is 0 Å². The summed E-state index contributed by atoms with van der Waals surface area (Å²) in [5.41, 5.74) is -0.514. The van der Waals surface area contributed by atoms with Crippen LogP contribution in [0.5, 0.6) is 11.5 Å². The molecule has 2 aromatic carbocycles. The van der Waals surface area contributed by atoms with Gasteiger partial charge in [-0.1, -0.05) is 0 Å². The zero-order valence-electron chi connectivity index (χ0n) is 14.4. The second-order valence-electron chi connectivity index (χ2n) is 5.13. The van der Waals surface area contributed by atoms with Crippen LogP contribution in [0, 0.1) is 11.6 Å². The van der Waals surface area contributed by atoms with Crippen LogP contribution in [-0.2, 0) is 9.53 Å². The van der Waals surface area contributed by atoms with Crippen LogP contribution in [0.25, 0.3) is 0 Å². The summed E-state index contributed by atoms with van der Waals surface area (Å²) in [6.07, 6.45) is 0.423. The van der Waals surface area contributed by atoms with Crippen LogP contribution in [0.15, 0.2) is 30.3 Å². The van der Waals surface area contributed by atoms with Gasteiger partial charge in [0, 0.05) is 11.6 Å². The smallest absolute Gasteiger partial charge is 0.343 e. The Kier molecular flexibility index (Phi) is 6.42. The topological polar surface area (TPSA) is 90.9 Å². The largest absolute Gasteiger partial charge is 0.493 e. The highest BCUT2D eigenvalue weighted by atomic mass is 19.1. The Morgan fingerprint density at radius 1 is 1.11 bits per heavy atom. The van der Waals surface area contributed by atoms with E-state index in [1.165, 1.54) is 26.4 Å². The van der Waals surface area contributed by atoms with Crippen molar-refractivity contribution < 1.29 is 37.4 Å². The Morgan fingerprint density at radius 3 is 2.44 bits per heavy atom. The monoisotopic (exact) mass is 379 g/mol. The number of esters is 1. The third-order valence-corrected chi connectivity index (χ3v) is 3.45. The standard InChI is InChI=1S/C18H15F2NO6/c1-25-14-6-3-10(8-22)16(17(14)26-2)18(24)27-9-15(23)21-13-5-4-11(19)7-12(13)20/h3-8H,9H2,1-2H3,(H,21,23). The maximum atomic E-state index is 13.5. The molecule has 0 unspecified atom stereocenters. The van der Waals surface area contributed by atoms with Crippen LogP contribution in [0.4, 0.5) is 14.5 Å². The molecule has 0 aliphatic heterocycles. The van der Waals surface area contributed by atoms with E-state index in [4.69, 9.17) is 14.2 Å². The number of carbonyl (C=O) groups is 3. The third kappa shape index (κ3) is 4.57. The van der Waals surface area contributed by atoms with E-state index in [0.717, 1.165) is 12.1 Å². The molecule has 0 saturated heterocycles. The molecule has 1 N–H and O–H groups in total. The molecular formula is C18H15F2NO6. The van der Waals surface area contributed by atoms with Crippen molar-refractivity contribution in [2.75, 3.05) is 26.1 Å². The molecule has 0 spiro atoms. The number of amides is 1. The van der Waals surface area contributed by atoms with Gasteiger partial charge in [-0.3, -0.25) is 9.59 Å². The van der Waals surface area contributed by atoms with Crippen LogP contribution in [0.2, 0.25) is 0 Å². The van der Waals surface area contributed by atoms with Crippen LogP contribution in [0.1, 0.15) is 20.7 Å². The van der Waals surface area contributed by atoms with E-state index in [0.29, 0.717) is 12.4 Å². The number of nitrogens with one attached hydrogen (secondary N) is 1. The maximum absolute atomic E-state index is 13.5. The van der Waals surface area contributed by atoms with Crippen molar-refractivity contribution in [1.82, 2.24) is 0 Å². The molecule has 0 radical (unpaired) electrons. The van der Waals surface area contributed by atoms with E-state index in [9.17, 15) is 23.2 Å². The third-order valence-electron chi connectivity index (χ3n) is 3.45. The number of benzene rings is 2. The normalized spacial score (nSPS) is 10.1. The Balaban J connectivity index is 2.13. The number of aldehydes is 1. The summed E-state index contributed by atoms with van der Waals surface area (Å²) in [6.45, 7) is -0.770. The molecule has 0 fully saturated rings. The molecule has 7 nitrogen and oxygen atoms in total. The van der Waals surface area contributed by atoms with Crippen molar-refractivity contribution in [1.29, 1.82) is 0 Å². The zero-order valence-corrected chi connectivity index (χ0v) is 14.4. The Morgan fingerprint density at radius 2 is 1.85 bits per heavy atom. The van der Waals surface area contributed by atoms with Gasteiger partial charge in [-0.05, 0) is 24.3 Å². The Labute approximate surface area is 152 Å². The van der Waals surface area contributed by atoms with Gasteiger partial charge in [-0.25, -0.2) is 13.6 Å². The number of anilines is 1. The Hall–Kier alpha value is -3.49. The van der Waals surface area contributed by atoms with E-state index in [2.05, 4.69) is 5.32 Å². The molecular weight excluding hydrogens is 364 g/mol. The van der Waals surface area contributed by atoms with E-state index in [1.807, 2.05) is 0 Å². The molecule has 2 aromatic rings. The van der Waals surface area contributed by atoms with Gasteiger partial charge in [0.15, 0.2) is 24.4 Å². The predicted molar refractivity (Wildman–Crippen MR) is 90.2 cm³/mol. The van der Waals surface area contributed by atoms with Gasteiger partial charge in [0.1, 0.15) is 17.2 Å². The number of halogens is 2. The van der Waals surface area contributed by atoms with Crippen LogP contribution < -0.4 is 14.8 Å². The lowest BCUT2D eigenvalue weighted by molar-refractivity contribution is -0.119. The van der Waals surface area contributed by atoms with E-state index >= 15 is 0 Å². The average Bonchev–Trinajstić information content (AvgIpc) is 2.66. The van der Waals surface area contributed by atoms with Gasteiger partial charge in [0.05, 0.1) is 19.9 Å². The molecule has 142 valence electrons. The molecule has 2 rings (SSSR count). The number of hydrogen-bond donors (Lipinski definition) is 1. The second-order valence-corrected chi connectivity index (χ2v) is 5.13. The number of ether oxygens (including phenoxy) is 3. The first kappa shape index (κ1) is 19.8. The number of methoxy groups -OCH3 is 2. The molecule has 9 heteroatoms. The highest BCUT2D eigenvalue weighted by Crippen LogP contribution is 2.33. The molecule has 0 aliphatic rings. The SMILES string of the molecule is COc1ccc(C=O)c(C(=O)OCC(=O)Nc2ccc(F)cc2F)c1OC. The van der Waals surface area contributed by atoms with Crippen LogP contribution >= 0.6 is 0 Å². The second kappa shape index (κ2) is 8.75. The fourth-order valence-corrected chi connectivity index (χ4v) is 2.23. The zero-order chi connectivity index (χ0) is 20.0. The van der Waals surface area contributed by atoms with E-state index in [1.54, 1.807) is 0 Å². The molecule has 0 atom stereocenters. The van der Waals surface area contributed by atoms with Gasteiger partial charge >= 0.3 is 5.97 Å². The number of rotatable bonds is 7. The lowest BCUT2D eigenvalue weighted by atomic mass is 10.1.